The summed E-state index contributed by atoms with van der Waals surface area (Å²) in [5, 5.41) is 3.80. The second-order valence-corrected chi connectivity index (χ2v) is 3.45. The number of H-pyrrole nitrogens is 1. The zero-order valence-electron chi connectivity index (χ0n) is 9.20. The molecule has 16 heavy (non-hydrogen) atoms. The SMILES string of the molecule is CCOC1=NNC(=O)C1=Cc1ccc(C)[nH]1. The number of nitrogens with zero attached hydrogens (tertiary/aromatic N) is 1. The second kappa shape index (κ2) is 4.22. The summed E-state index contributed by atoms with van der Waals surface area (Å²) in [5.74, 6) is 0.107. The number of hydrazone groups is 1. The van der Waals surface area contributed by atoms with E-state index in [-0.39, 0.29) is 5.91 Å². The molecular formula is C11H13N3O2. The van der Waals surface area contributed by atoms with Crippen LogP contribution in [-0.4, -0.2) is 23.4 Å². The molecule has 0 unspecified atom stereocenters. The van der Waals surface area contributed by atoms with Crippen molar-refractivity contribution in [1.29, 1.82) is 0 Å². The Labute approximate surface area is 93.2 Å². The van der Waals surface area contributed by atoms with Crippen LogP contribution in [0.4, 0.5) is 0 Å². The Morgan fingerprint density at radius 1 is 1.50 bits per heavy atom. The molecule has 0 saturated carbocycles. The number of aromatic amines is 1. The number of rotatable bonds is 2. The molecule has 1 aromatic heterocycles. The van der Waals surface area contributed by atoms with Crippen molar-refractivity contribution in [3.05, 3.63) is 29.1 Å². The summed E-state index contributed by atoms with van der Waals surface area (Å²) < 4.78 is 5.25. The van der Waals surface area contributed by atoms with Crippen LogP contribution in [0, 0.1) is 6.92 Å². The van der Waals surface area contributed by atoms with Gasteiger partial charge in [0.1, 0.15) is 5.57 Å². The van der Waals surface area contributed by atoms with Gasteiger partial charge in [0, 0.05) is 11.4 Å². The van der Waals surface area contributed by atoms with Gasteiger partial charge in [0.05, 0.1) is 6.61 Å². The van der Waals surface area contributed by atoms with Gasteiger partial charge in [0.25, 0.3) is 5.91 Å². The summed E-state index contributed by atoms with van der Waals surface area (Å²) in [5.41, 5.74) is 4.72. The minimum absolute atomic E-state index is 0.240. The fraction of sp³-hybridized carbons (Fsp3) is 0.273. The minimum atomic E-state index is -0.240. The van der Waals surface area contributed by atoms with E-state index in [0.29, 0.717) is 18.1 Å². The van der Waals surface area contributed by atoms with Gasteiger partial charge in [-0.1, -0.05) is 0 Å². The molecule has 0 saturated heterocycles. The van der Waals surface area contributed by atoms with E-state index in [2.05, 4.69) is 15.5 Å². The van der Waals surface area contributed by atoms with E-state index in [9.17, 15) is 4.79 Å². The summed E-state index contributed by atoms with van der Waals surface area (Å²) >= 11 is 0. The van der Waals surface area contributed by atoms with Gasteiger partial charge in [-0.3, -0.25) is 4.79 Å². The molecule has 0 bridgehead atoms. The molecule has 5 heteroatoms. The molecule has 0 aromatic carbocycles. The fourth-order valence-electron chi connectivity index (χ4n) is 1.46. The zero-order chi connectivity index (χ0) is 11.5. The van der Waals surface area contributed by atoms with Crippen molar-refractivity contribution in [3.63, 3.8) is 0 Å². The Kier molecular flexibility index (Phi) is 2.76. The van der Waals surface area contributed by atoms with Crippen LogP contribution in [-0.2, 0) is 9.53 Å². The van der Waals surface area contributed by atoms with Crippen LogP contribution in [0.25, 0.3) is 6.08 Å². The summed E-state index contributed by atoms with van der Waals surface area (Å²) in [6.45, 7) is 4.28. The molecule has 2 heterocycles. The van der Waals surface area contributed by atoms with Gasteiger partial charge in [-0.25, -0.2) is 5.43 Å². The molecule has 0 atom stereocenters. The van der Waals surface area contributed by atoms with Gasteiger partial charge < -0.3 is 9.72 Å². The van der Waals surface area contributed by atoms with Crippen molar-refractivity contribution >= 4 is 17.9 Å². The van der Waals surface area contributed by atoms with E-state index in [1.165, 1.54) is 0 Å². The van der Waals surface area contributed by atoms with E-state index in [4.69, 9.17) is 4.74 Å². The smallest absolute Gasteiger partial charge is 0.277 e. The van der Waals surface area contributed by atoms with E-state index in [1.54, 1.807) is 6.08 Å². The number of carbonyl (C=O) groups is 1. The monoisotopic (exact) mass is 219 g/mol. The summed E-state index contributed by atoms with van der Waals surface area (Å²) in [6.07, 6.45) is 1.73. The molecule has 0 aliphatic carbocycles. The molecule has 0 spiro atoms. The fourth-order valence-corrected chi connectivity index (χ4v) is 1.46. The summed E-state index contributed by atoms with van der Waals surface area (Å²) in [4.78, 5) is 14.6. The van der Waals surface area contributed by atoms with E-state index >= 15 is 0 Å². The third-order valence-electron chi connectivity index (χ3n) is 2.17. The third kappa shape index (κ3) is 1.98. The predicted molar refractivity (Wildman–Crippen MR) is 60.7 cm³/mol. The maximum atomic E-state index is 11.5. The molecular weight excluding hydrogens is 206 g/mol. The Morgan fingerprint density at radius 2 is 2.31 bits per heavy atom. The first-order valence-corrected chi connectivity index (χ1v) is 5.09. The first-order chi connectivity index (χ1) is 7.70. The van der Waals surface area contributed by atoms with Crippen molar-refractivity contribution in [2.45, 2.75) is 13.8 Å². The molecule has 1 aliphatic rings. The van der Waals surface area contributed by atoms with Gasteiger partial charge in [-0.2, -0.15) is 0 Å². The average Bonchev–Trinajstić information content (AvgIpc) is 2.79. The number of ether oxygens (including phenoxy) is 1. The van der Waals surface area contributed by atoms with Crippen molar-refractivity contribution in [3.8, 4) is 0 Å². The van der Waals surface area contributed by atoms with Crippen molar-refractivity contribution in [1.82, 2.24) is 10.4 Å². The molecule has 1 amide bonds. The quantitative estimate of drug-likeness (QED) is 0.733. The standard InChI is InChI=1S/C11H13N3O2/c1-3-16-11-9(10(15)13-14-11)6-8-5-4-7(2)12-8/h4-6,12H,3H2,1-2H3,(H,13,15). The zero-order valence-corrected chi connectivity index (χ0v) is 9.20. The maximum Gasteiger partial charge on any atom is 0.277 e. The number of amides is 1. The lowest BCUT2D eigenvalue weighted by molar-refractivity contribution is -0.116. The summed E-state index contributed by atoms with van der Waals surface area (Å²) in [7, 11) is 0. The normalized spacial score (nSPS) is 17.5. The highest BCUT2D eigenvalue weighted by atomic mass is 16.5. The first kappa shape index (κ1) is 10.5. The number of hydrogen-bond donors (Lipinski definition) is 2. The van der Waals surface area contributed by atoms with Crippen molar-refractivity contribution in [2.24, 2.45) is 5.10 Å². The summed E-state index contributed by atoms with van der Waals surface area (Å²) in [6, 6.07) is 3.84. The lowest BCUT2D eigenvalue weighted by Crippen LogP contribution is -2.14. The van der Waals surface area contributed by atoms with Crippen LogP contribution in [0.2, 0.25) is 0 Å². The minimum Gasteiger partial charge on any atom is -0.476 e. The molecule has 0 radical (unpaired) electrons. The number of hydrogen-bond acceptors (Lipinski definition) is 3. The number of aryl methyl sites for hydroxylation is 1. The molecule has 1 aliphatic heterocycles. The Balaban J connectivity index is 2.27. The number of carbonyl (C=O) groups excluding carboxylic acids is 1. The van der Waals surface area contributed by atoms with Gasteiger partial charge in [0.15, 0.2) is 0 Å². The lowest BCUT2D eigenvalue weighted by atomic mass is 10.2. The van der Waals surface area contributed by atoms with Crippen LogP contribution >= 0.6 is 0 Å². The predicted octanol–water partition coefficient (Wildman–Crippen LogP) is 1.19. The maximum absolute atomic E-state index is 11.5. The topological polar surface area (TPSA) is 66.5 Å². The second-order valence-electron chi connectivity index (χ2n) is 3.45. The molecule has 84 valence electrons. The van der Waals surface area contributed by atoms with Gasteiger partial charge in [-0.05, 0) is 32.1 Å². The number of nitrogens with one attached hydrogen (secondary N) is 2. The molecule has 2 rings (SSSR count). The van der Waals surface area contributed by atoms with Gasteiger partial charge in [0.2, 0.25) is 5.90 Å². The van der Waals surface area contributed by atoms with Crippen LogP contribution < -0.4 is 5.43 Å². The Morgan fingerprint density at radius 3 is 2.94 bits per heavy atom. The molecule has 5 nitrogen and oxygen atoms in total. The molecule has 0 fully saturated rings. The van der Waals surface area contributed by atoms with E-state index in [1.807, 2.05) is 26.0 Å². The molecule has 1 aromatic rings. The lowest BCUT2D eigenvalue weighted by Gasteiger charge is -2.00. The van der Waals surface area contributed by atoms with Gasteiger partial charge >= 0.3 is 0 Å². The Hall–Kier alpha value is -2.04. The van der Waals surface area contributed by atoms with E-state index in [0.717, 1.165) is 11.4 Å². The first-order valence-electron chi connectivity index (χ1n) is 5.09. The Bertz CT molecular complexity index is 471. The van der Waals surface area contributed by atoms with Gasteiger partial charge in [-0.15, -0.1) is 5.10 Å². The highest BCUT2D eigenvalue weighted by molar-refractivity contribution is 6.24. The highest BCUT2D eigenvalue weighted by Gasteiger charge is 2.23. The molecule has 2 N–H and O–H groups in total. The largest absolute Gasteiger partial charge is 0.476 e. The van der Waals surface area contributed by atoms with Crippen LogP contribution in [0.1, 0.15) is 18.3 Å². The highest BCUT2D eigenvalue weighted by Crippen LogP contribution is 2.12. The van der Waals surface area contributed by atoms with Crippen molar-refractivity contribution < 1.29 is 9.53 Å². The van der Waals surface area contributed by atoms with Crippen LogP contribution in [0.3, 0.4) is 0 Å². The van der Waals surface area contributed by atoms with Crippen LogP contribution in [0.5, 0.6) is 0 Å². The van der Waals surface area contributed by atoms with E-state index < -0.39 is 0 Å². The average molecular weight is 219 g/mol. The third-order valence-corrected chi connectivity index (χ3v) is 2.17. The van der Waals surface area contributed by atoms with Crippen LogP contribution in [0.15, 0.2) is 22.8 Å². The van der Waals surface area contributed by atoms with Crippen molar-refractivity contribution in [2.75, 3.05) is 6.61 Å². The number of aromatic nitrogens is 1.